The van der Waals surface area contributed by atoms with Gasteiger partial charge >= 0.3 is 0 Å². The maximum atomic E-state index is 6.69. The molecule has 2 atom stereocenters. The summed E-state index contributed by atoms with van der Waals surface area (Å²) in [7, 11) is 1.67. The molecule has 33 heavy (non-hydrogen) atoms. The topological polar surface area (TPSA) is 61.2 Å². The van der Waals surface area contributed by atoms with Crippen molar-refractivity contribution in [2.75, 3.05) is 12.4 Å². The van der Waals surface area contributed by atoms with Gasteiger partial charge in [-0.25, -0.2) is 4.68 Å². The van der Waals surface area contributed by atoms with E-state index in [0.717, 1.165) is 43.9 Å². The van der Waals surface area contributed by atoms with Crippen molar-refractivity contribution in [3.05, 3.63) is 105 Å². The SMILES string of the molecule is COc1ccc(C2Oc3ccc(C)cc3C3=C2C(c2ccccc2)n2ncnc2N3)cc1Br. The number of nitrogens with one attached hydrogen (secondary N) is 1. The van der Waals surface area contributed by atoms with Crippen molar-refractivity contribution >= 4 is 27.6 Å². The highest BCUT2D eigenvalue weighted by Gasteiger charge is 2.41. The summed E-state index contributed by atoms with van der Waals surface area (Å²) in [4.78, 5) is 4.50. The number of hydrogen-bond donors (Lipinski definition) is 1. The summed E-state index contributed by atoms with van der Waals surface area (Å²) in [6, 6.07) is 22.6. The summed E-state index contributed by atoms with van der Waals surface area (Å²) in [6.45, 7) is 2.09. The number of anilines is 1. The van der Waals surface area contributed by atoms with Gasteiger partial charge in [-0.05, 0) is 58.2 Å². The highest BCUT2D eigenvalue weighted by Crippen LogP contribution is 2.51. The summed E-state index contributed by atoms with van der Waals surface area (Å²) in [5, 5.41) is 8.13. The van der Waals surface area contributed by atoms with Crippen LogP contribution < -0.4 is 14.8 Å². The fraction of sp³-hybridized carbons (Fsp3) is 0.154. The lowest BCUT2D eigenvalue weighted by molar-refractivity contribution is 0.223. The van der Waals surface area contributed by atoms with Crippen molar-refractivity contribution in [2.45, 2.75) is 19.1 Å². The van der Waals surface area contributed by atoms with Crippen LogP contribution in [0.2, 0.25) is 0 Å². The Morgan fingerprint density at radius 1 is 1.03 bits per heavy atom. The first-order valence-corrected chi connectivity index (χ1v) is 11.5. The van der Waals surface area contributed by atoms with E-state index in [2.05, 4.69) is 86.8 Å². The second-order valence-corrected chi connectivity index (χ2v) is 9.04. The molecule has 0 saturated heterocycles. The van der Waals surface area contributed by atoms with Gasteiger partial charge in [-0.15, -0.1) is 0 Å². The van der Waals surface area contributed by atoms with Crippen molar-refractivity contribution in [1.82, 2.24) is 14.8 Å². The average molecular weight is 501 g/mol. The fourth-order valence-corrected chi connectivity index (χ4v) is 5.22. The molecule has 2 aliphatic rings. The predicted octanol–water partition coefficient (Wildman–Crippen LogP) is 5.92. The van der Waals surface area contributed by atoms with Gasteiger partial charge in [0, 0.05) is 11.1 Å². The third-order valence-electron chi connectivity index (χ3n) is 6.16. The number of halogens is 1. The number of ether oxygens (including phenoxy) is 2. The van der Waals surface area contributed by atoms with Gasteiger partial charge in [0.1, 0.15) is 30.0 Å². The van der Waals surface area contributed by atoms with Crippen LogP contribution in [0.25, 0.3) is 5.70 Å². The molecule has 7 heteroatoms. The van der Waals surface area contributed by atoms with Gasteiger partial charge in [-0.3, -0.25) is 0 Å². The zero-order valence-electron chi connectivity index (χ0n) is 18.1. The molecule has 0 spiro atoms. The Kier molecular flexibility index (Phi) is 4.73. The van der Waals surface area contributed by atoms with E-state index in [4.69, 9.17) is 9.47 Å². The minimum Gasteiger partial charge on any atom is -0.496 e. The molecule has 6 nitrogen and oxygen atoms in total. The molecule has 3 heterocycles. The monoisotopic (exact) mass is 500 g/mol. The molecule has 2 unspecified atom stereocenters. The Morgan fingerprint density at radius 3 is 2.67 bits per heavy atom. The number of aromatic nitrogens is 3. The Morgan fingerprint density at radius 2 is 1.88 bits per heavy atom. The summed E-state index contributed by atoms with van der Waals surface area (Å²) >= 11 is 3.64. The van der Waals surface area contributed by atoms with Crippen molar-refractivity contribution in [2.24, 2.45) is 0 Å². The van der Waals surface area contributed by atoms with Crippen LogP contribution in [0.4, 0.5) is 5.95 Å². The lowest BCUT2D eigenvalue weighted by Gasteiger charge is -2.39. The number of fused-ring (bicyclic) bond motifs is 3. The molecule has 0 saturated carbocycles. The average Bonchev–Trinajstić information content (AvgIpc) is 3.31. The highest BCUT2D eigenvalue weighted by molar-refractivity contribution is 9.10. The summed E-state index contributed by atoms with van der Waals surface area (Å²) in [5.41, 5.74) is 6.45. The van der Waals surface area contributed by atoms with Crippen LogP contribution in [0.1, 0.15) is 34.4 Å². The first-order chi connectivity index (χ1) is 16.1. The summed E-state index contributed by atoms with van der Waals surface area (Å²) in [6.07, 6.45) is 1.26. The third-order valence-corrected chi connectivity index (χ3v) is 6.78. The Balaban J connectivity index is 1.62. The molecule has 0 amide bonds. The number of aryl methyl sites for hydroxylation is 1. The van der Waals surface area contributed by atoms with Crippen molar-refractivity contribution in [3.63, 3.8) is 0 Å². The van der Waals surface area contributed by atoms with E-state index in [0.29, 0.717) is 5.95 Å². The molecule has 1 N–H and O–H groups in total. The van der Waals surface area contributed by atoms with Crippen LogP contribution in [-0.4, -0.2) is 21.9 Å². The Hall–Kier alpha value is -3.58. The number of methoxy groups -OCH3 is 1. The first-order valence-electron chi connectivity index (χ1n) is 10.7. The van der Waals surface area contributed by atoms with Gasteiger partial charge in [0.15, 0.2) is 0 Å². The summed E-state index contributed by atoms with van der Waals surface area (Å²) < 4.78 is 15.0. The van der Waals surface area contributed by atoms with Crippen LogP contribution in [0.5, 0.6) is 11.5 Å². The van der Waals surface area contributed by atoms with E-state index >= 15 is 0 Å². The minimum absolute atomic E-state index is 0.167. The lowest BCUT2D eigenvalue weighted by Crippen LogP contribution is -2.32. The molecule has 6 rings (SSSR count). The van der Waals surface area contributed by atoms with E-state index in [1.165, 1.54) is 5.56 Å². The van der Waals surface area contributed by atoms with Gasteiger partial charge in [-0.1, -0.05) is 48.0 Å². The van der Waals surface area contributed by atoms with Crippen LogP contribution in [-0.2, 0) is 0 Å². The Labute approximate surface area is 200 Å². The Bertz CT molecular complexity index is 1400. The number of rotatable bonds is 3. The van der Waals surface area contributed by atoms with Gasteiger partial charge in [0.25, 0.3) is 0 Å². The molecule has 3 aromatic carbocycles. The number of nitrogens with zero attached hydrogens (tertiary/aromatic N) is 3. The molecule has 0 radical (unpaired) electrons. The van der Waals surface area contributed by atoms with Crippen LogP contribution in [0, 0.1) is 6.92 Å². The second-order valence-electron chi connectivity index (χ2n) is 8.19. The minimum atomic E-state index is -0.326. The van der Waals surface area contributed by atoms with E-state index in [9.17, 15) is 0 Å². The molecule has 0 aliphatic carbocycles. The van der Waals surface area contributed by atoms with Crippen LogP contribution >= 0.6 is 15.9 Å². The molecule has 0 bridgehead atoms. The molecular weight excluding hydrogens is 480 g/mol. The van der Waals surface area contributed by atoms with Crippen LogP contribution in [0.3, 0.4) is 0 Å². The normalized spacial score (nSPS) is 18.5. The summed E-state index contributed by atoms with van der Waals surface area (Å²) in [5.74, 6) is 2.33. The predicted molar refractivity (Wildman–Crippen MR) is 130 cm³/mol. The zero-order valence-corrected chi connectivity index (χ0v) is 19.7. The highest BCUT2D eigenvalue weighted by atomic mass is 79.9. The van der Waals surface area contributed by atoms with Crippen LogP contribution in [0.15, 0.2) is 83.1 Å². The maximum absolute atomic E-state index is 6.69. The smallest absolute Gasteiger partial charge is 0.226 e. The standard InChI is InChI=1S/C26H21BrN4O2/c1-15-8-10-20-18(12-15)23-22(25(33-20)17-9-11-21(32-2)19(27)13-17)24(16-6-4-3-5-7-16)31-26(30-23)28-14-29-31/h3-14,24-25H,1-2H3,(H,28,29,30). The number of hydrogen-bond acceptors (Lipinski definition) is 5. The quantitative estimate of drug-likeness (QED) is 0.378. The van der Waals surface area contributed by atoms with Gasteiger partial charge in [-0.2, -0.15) is 10.1 Å². The van der Waals surface area contributed by atoms with Gasteiger partial charge in [0.05, 0.1) is 17.3 Å². The zero-order chi connectivity index (χ0) is 22.5. The number of benzene rings is 3. The largest absolute Gasteiger partial charge is 0.496 e. The van der Waals surface area contributed by atoms with Crippen molar-refractivity contribution in [3.8, 4) is 11.5 Å². The van der Waals surface area contributed by atoms with E-state index in [1.54, 1.807) is 13.4 Å². The third kappa shape index (κ3) is 3.23. The van der Waals surface area contributed by atoms with Crippen molar-refractivity contribution < 1.29 is 9.47 Å². The molecular formula is C26H21BrN4O2. The molecule has 4 aromatic rings. The van der Waals surface area contributed by atoms with Gasteiger partial charge in [0.2, 0.25) is 5.95 Å². The fourth-order valence-electron chi connectivity index (χ4n) is 4.66. The molecule has 0 fully saturated rings. The van der Waals surface area contributed by atoms with E-state index in [1.807, 2.05) is 22.9 Å². The van der Waals surface area contributed by atoms with Crippen molar-refractivity contribution in [1.29, 1.82) is 0 Å². The lowest BCUT2D eigenvalue weighted by atomic mass is 9.84. The van der Waals surface area contributed by atoms with Gasteiger partial charge < -0.3 is 14.8 Å². The molecule has 1 aromatic heterocycles. The molecule has 2 aliphatic heterocycles. The molecule has 164 valence electrons. The first kappa shape index (κ1) is 20.1. The second kappa shape index (κ2) is 7.78. The van der Waals surface area contributed by atoms with E-state index in [-0.39, 0.29) is 12.1 Å². The van der Waals surface area contributed by atoms with E-state index < -0.39 is 0 Å². The maximum Gasteiger partial charge on any atom is 0.226 e.